The Hall–Kier alpha value is -1.11. The lowest BCUT2D eigenvalue weighted by Gasteiger charge is -2.46. The normalized spacial score (nSPS) is 51.1. The van der Waals surface area contributed by atoms with Crippen molar-refractivity contribution in [3.8, 4) is 0 Å². The molecule has 13 unspecified atom stereocenters. The number of carbonyl (C=O) groups is 1. The molecule has 1 spiro atoms. The van der Waals surface area contributed by atoms with E-state index < -0.39 is 65.5 Å². The quantitative estimate of drug-likeness (QED) is 0.396. The fraction of sp³-hybridized carbons (Fsp3) is 0.897. The minimum Gasteiger partial charge on any atom is -0.392 e. The van der Waals surface area contributed by atoms with Gasteiger partial charge in [-0.15, -0.1) is 0 Å². The second-order valence-electron chi connectivity index (χ2n) is 13.0. The molecule has 0 aromatic carbocycles. The van der Waals surface area contributed by atoms with Crippen LogP contribution in [0.4, 0.5) is 0 Å². The van der Waals surface area contributed by atoms with Gasteiger partial charge in [-0.3, -0.25) is 4.89 Å². The van der Waals surface area contributed by atoms with Crippen molar-refractivity contribution in [2.45, 2.75) is 134 Å². The molecule has 4 rings (SSSR count). The van der Waals surface area contributed by atoms with Crippen LogP contribution in [0.2, 0.25) is 0 Å². The number of ether oxygens (including phenoxy) is 4. The molecular formula is C29H49NO9. The molecule has 3 bridgehead atoms. The maximum atomic E-state index is 13.0. The smallest absolute Gasteiger partial charge is 0.347 e. The van der Waals surface area contributed by atoms with Crippen LogP contribution in [-0.2, 0) is 33.5 Å². The van der Waals surface area contributed by atoms with Crippen LogP contribution in [0.3, 0.4) is 0 Å². The third kappa shape index (κ3) is 5.32. The predicted octanol–water partition coefficient (Wildman–Crippen LogP) is 2.94. The largest absolute Gasteiger partial charge is 0.392 e. The van der Waals surface area contributed by atoms with Crippen LogP contribution >= 0.6 is 0 Å². The topological polar surface area (TPSA) is 116 Å². The van der Waals surface area contributed by atoms with Crippen LogP contribution in [0, 0.1) is 17.8 Å². The first-order valence-electron chi connectivity index (χ1n) is 14.4. The summed E-state index contributed by atoms with van der Waals surface area (Å²) in [4.78, 5) is 25.9. The van der Waals surface area contributed by atoms with Crippen LogP contribution in [0.1, 0.15) is 74.7 Å². The Kier molecular flexibility index (Phi) is 8.65. The minimum atomic E-state index is -1.15. The van der Waals surface area contributed by atoms with Gasteiger partial charge in [0.2, 0.25) is 0 Å². The van der Waals surface area contributed by atoms with Gasteiger partial charge in [-0.2, -0.15) is 4.89 Å². The van der Waals surface area contributed by atoms with Crippen molar-refractivity contribution < 1.29 is 43.7 Å². The molecule has 10 heteroatoms. The van der Waals surface area contributed by atoms with E-state index >= 15 is 0 Å². The lowest BCUT2D eigenvalue weighted by atomic mass is 9.78. The molecule has 0 saturated carbocycles. The zero-order chi connectivity index (χ0) is 29.1. The first kappa shape index (κ1) is 30.8. The van der Waals surface area contributed by atoms with Gasteiger partial charge in [0.1, 0.15) is 17.8 Å². The Morgan fingerprint density at radius 1 is 1.10 bits per heavy atom. The molecule has 0 amide bonds. The molecule has 3 saturated heterocycles. The van der Waals surface area contributed by atoms with E-state index in [1.54, 1.807) is 6.92 Å². The zero-order valence-electron chi connectivity index (χ0n) is 25.2. The Morgan fingerprint density at radius 2 is 1.77 bits per heavy atom. The first-order chi connectivity index (χ1) is 18.1. The van der Waals surface area contributed by atoms with Crippen molar-refractivity contribution in [3.05, 3.63) is 11.6 Å². The summed E-state index contributed by atoms with van der Waals surface area (Å²) in [7, 11) is 3.84. The third-order valence-electron chi connectivity index (χ3n) is 9.48. The Bertz CT molecular complexity index is 944. The van der Waals surface area contributed by atoms with Gasteiger partial charge < -0.3 is 34.1 Å². The number of carbonyl (C=O) groups excluding carboxylic acids is 1. The van der Waals surface area contributed by atoms with Crippen molar-refractivity contribution in [1.82, 2.24) is 4.90 Å². The number of likely N-dealkylation sites (N-methyl/N-ethyl adjacent to an activating group) is 1. The molecule has 0 aromatic rings. The van der Waals surface area contributed by atoms with E-state index in [2.05, 4.69) is 6.92 Å². The summed E-state index contributed by atoms with van der Waals surface area (Å²) < 4.78 is 26.4. The number of rotatable bonds is 4. The van der Waals surface area contributed by atoms with Crippen molar-refractivity contribution in [2.24, 2.45) is 17.8 Å². The highest BCUT2D eigenvalue weighted by molar-refractivity contribution is 5.72. The van der Waals surface area contributed by atoms with E-state index in [4.69, 9.17) is 28.7 Å². The molecule has 0 radical (unpaired) electrons. The van der Waals surface area contributed by atoms with Crippen molar-refractivity contribution in [3.63, 3.8) is 0 Å². The van der Waals surface area contributed by atoms with Crippen LogP contribution in [0.25, 0.3) is 0 Å². The highest BCUT2D eigenvalue weighted by Crippen LogP contribution is 2.56. The Morgan fingerprint density at radius 3 is 2.38 bits per heavy atom. The van der Waals surface area contributed by atoms with Gasteiger partial charge in [-0.1, -0.05) is 20.8 Å². The lowest BCUT2D eigenvalue weighted by molar-refractivity contribution is -0.351. The van der Waals surface area contributed by atoms with Gasteiger partial charge in [0, 0.05) is 17.9 Å². The number of hydrogen-bond acceptors (Lipinski definition) is 10. The minimum absolute atomic E-state index is 0.0675. The molecule has 10 nitrogen and oxygen atoms in total. The predicted molar refractivity (Wildman–Crippen MR) is 142 cm³/mol. The van der Waals surface area contributed by atoms with E-state index in [9.17, 15) is 15.0 Å². The molecule has 13 atom stereocenters. The molecule has 4 aliphatic heterocycles. The van der Waals surface area contributed by atoms with Crippen LogP contribution < -0.4 is 0 Å². The van der Waals surface area contributed by atoms with Crippen LogP contribution in [0.5, 0.6) is 0 Å². The van der Waals surface area contributed by atoms with Crippen molar-refractivity contribution in [1.29, 1.82) is 0 Å². The highest BCUT2D eigenvalue weighted by atomic mass is 17.2. The van der Waals surface area contributed by atoms with Crippen LogP contribution in [0.15, 0.2) is 11.6 Å². The average molecular weight is 556 g/mol. The van der Waals surface area contributed by atoms with Gasteiger partial charge in [-0.25, -0.2) is 4.79 Å². The van der Waals surface area contributed by atoms with E-state index in [-0.39, 0.29) is 18.1 Å². The number of aliphatic hydroxyl groups excluding tert-OH is 2. The summed E-state index contributed by atoms with van der Waals surface area (Å²) in [6.07, 6.45) is -0.774. The summed E-state index contributed by atoms with van der Waals surface area (Å²) in [5.74, 6) is -3.31. The number of fused-ring (bicyclic) bond motifs is 2. The molecule has 4 aliphatic rings. The summed E-state index contributed by atoms with van der Waals surface area (Å²) >= 11 is 0. The standard InChI is InChI=1S/C29H49NO9/c1-11-21-27(7)13-15(2)29(38-27)16(3)14-28(8,39-29)24(18(5)22(31)19(6)25(33)37-36-21)35-26-23(32)20(30(9)10)12-17(4)34-26/h13,16-24,26,31-32H,11-12,14H2,1-10H3. The zero-order valence-corrected chi connectivity index (χ0v) is 25.2. The maximum absolute atomic E-state index is 13.0. The maximum Gasteiger partial charge on any atom is 0.347 e. The van der Waals surface area contributed by atoms with Gasteiger partial charge in [0.15, 0.2) is 12.1 Å². The molecule has 0 aliphatic carbocycles. The van der Waals surface area contributed by atoms with Gasteiger partial charge in [0.05, 0.1) is 29.8 Å². The lowest BCUT2D eigenvalue weighted by Crippen LogP contribution is -2.59. The third-order valence-corrected chi connectivity index (χ3v) is 9.48. The Labute approximate surface area is 232 Å². The molecule has 2 N–H and O–H groups in total. The number of nitrogens with zero attached hydrogens (tertiary/aromatic N) is 1. The first-order valence-corrected chi connectivity index (χ1v) is 14.4. The average Bonchev–Trinajstić information content (AvgIpc) is 3.27. The second kappa shape index (κ2) is 10.9. The number of hydrogen-bond donors (Lipinski definition) is 2. The fourth-order valence-corrected chi connectivity index (χ4v) is 7.27. The molecular weight excluding hydrogens is 506 g/mol. The highest BCUT2D eigenvalue weighted by Gasteiger charge is 2.64. The van der Waals surface area contributed by atoms with Crippen molar-refractivity contribution in [2.75, 3.05) is 14.1 Å². The fourth-order valence-electron chi connectivity index (χ4n) is 7.27. The van der Waals surface area contributed by atoms with Gasteiger partial charge in [-0.05, 0) is 79.6 Å². The van der Waals surface area contributed by atoms with Crippen LogP contribution in [-0.4, -0.2) is 95.0 Å². The van der Waals surface area contributed by atoms with Gasteiger partial charge in [0.25, 0.3) is 0 Å². The van der Waals surface area contributed by atoms with Crippen molar-refractivity contribution >= 4 is 5.97 Å². The molecule has 4 heterocycles. The summed E-state index contributed by atoms with van der Waals surface area (Å²) in [6.45, 7) is 15.2. The number of aliphatic hydroxyl groups is 2. The second-order valence-corrected chi connectivity index (χ2v) is 13.0. The molecule has 39 heavy (non-hydrogen) atoms. The summed E-state index contributed by atoms with van der Waals surface area (Å²) in [5, 5.41) is 22.7. The summed E-state index contributed by atoms with van der Waals surface area (Å²) in [5.41, 5.74) is -0.951. The van der Waals surface area contributed by atoms with E-state index in [0.717, 1.165) is 5.57 Å². The SMILES string of the molecule is CCC1OOC(=O)C(C)C(O)C(C)C(OC2OC(C)CC(N(C)C)C2O)C2(C)CC(C)C3(OC1(C)C=C3C)O2. The van der Waals surface area contributed by atoms with E-state index in [0.29, 0.717) is 19.3 Å². The molecule has 0 aromatic heterocycles. The van der Waals surface area contributed by atoms with Gasteiger partial charge >= 0.3 is 5.97 Å². The molecule has 3 fully saturated rings. The Balaban J connectivity index is 1.76. The van der Waals surface area contributed by atoms with E-state index in [1.165, 1.54) is 0 Å². The summed E-state index contributed by atoms with van der Waals surface area (Å²) in [6, 6.07) is -0.169. The molecule has 224 valence electrons. The monoisotopic (exact) mass is 555 g/mol. The van der Waals surface area contributed by atoms with E-state index in [1.807, 2.05) is 66.6 Å².